The summed E-state index contributed by atoms with van der Waals surface area (Å²) in [5.74, 6) is -3.27. The number of benzene rings is 1. The van der Waals surface area contributed by atoms with E-state index in [1.807, 2.05) is 0 Å². The van der Waals surface area contributed by atoms with E-state index in [4.69, 9.17) is 0 Å². The Morgan fingerprint density at radius 3 is 2.00 bits per heavy atom. The van der Waals surface area contributed by atoms with Crippen molar-refractivity contribution in [1.82, 2.24) is 4.90 Å². The number of carbonyl (C=O) groups excluding carboxylic acids is 3. The van der Waals surface area contributed by atoms with Gasteiger partial charge in [0.25, 0.3) is 0 Å². The van der Waals surface area contributed by atoms with Crippen molar-refractivity contribution in [3.8, 4) is 5.75 Å². The van der Waals surface area contributed by atoms with Crippen molar-refractivity contribution in [3.05, 3.63) is 64.6 Å². The molecule has 0 heterocycles. The van der Waals surface area contributed by atoms with E-state index in [0.717, 1.165) is 0 Å². The third kappa shape index (κ3) is 3.00. The molecule has 0 radical (unpaired) electrons. The monoisotopic (exact) mass is 380 g/mol. The third-order valence-corrected chi connectivity index (χ3v) is 4.65. The molecule has 0 saturated heterocycles. The number of allylic oxidation sites excluding steroid dienone is 6. The normalized spacial score (nSPS) is 19.4. The summed E-state index contributed by atoms with van der Waals surface area (Å²) in [6.45, 7) is 0. The van der Waals surface area contributed by atoms with Crippen LogP contribution >= 0.6 is 0 Å². The van der Waals surface area contributed by atoms with Crippen LogP contribution in [0.3, 0.4) is 0 Å². The van der Waals surface area contributed by atoms with E-state index in [-0.39, 0.29) is 28.0 Å². The van der Waals surface area contributed by atoms with Crippen molar-refractivity contribution in [2.24, 2.45) is 0 Å². The topological polar surface area (TPSA) is 98.2 Å². The number of hydrogen-bond acceptors (Lipinski definition) is 7. The van der Waals surface area contributed by atoms with Gasteiger partial charge in [0, 0.05) is 62.9 Å². The molecule has 2 N–H and O–H groups in total. The van der Waals surface area contributed by atoms with Crippen molar-refractivity contribution < 1.29 is 24.6 Å². The van der Waals surface area contributed by atoms with Crippen molar-refractivity contribution in [1.29, 1.82) is 0 Å². The lowest BCUT2D eigenvalue weighted by Gasteiger charge is -2.17. The predicted octanol–water partition coefficient (Wildman–Crippen LogP) is 1.76. The zero-order chi connectivity index (χ0) is 20.7. The number of likely N-dealkylation sites (N-methyl/N-ethyl adjacent to an activating group) is 1. The lowest BCUT2D eigenvalue weighted by atomic mass is 9.96. The van der Waals surface area contributed by atoms with E-state index in [9.17, 15) is 24.6 Å². The predicted molar refractivity (Wildman–Crippen MR) is 105 cm³/mol. The minimum atomic E-state index is -0.974. The first-order valence-electron chi connectivity index (χ1n) is 8.52. The lowest BCUT2D eigenvalue weighted by Crippen LogP contribution is -2.18. The number of Topliss-reactive ketones (excluding diaryl/α,β-unsaturated/α-hetero) is 2. The fraction of sp³-hybridized carbons (Fsp3) is 0.190. The molecule has 2 aliphatic carbocycles. The van der Waals surface area contributed by atoms with Gasteiger partial charge in [0.1, 0.15) is 11.5 Å². The second kappa shape index (κ2) is 6.84. The Kier molecular flexibility index (Phi) is 4.68. The number of rotatable bonds is 3. The zero-order valence-corrected chi connectivity index (χ0v) is 16.0. The van der Waals surface area contributed by atoms with Crippen LogP contribution in [0.15, 0.2) is 59.0 Å². The van der Waals surface area contributed by atoms with E-state index < -0.39 is 23.1 Å². The molecule has 1 aromatic carbocycles. The molecular weight excluding hydrogens is 360 g/mol. The molecule has 2 aliphatic rings. The maximum Gasteiger partial charge on any atom is 0.238 e. The van der Waals surface area contributed by atoms with Crippen LogP contribution in [0.5, 0.6) is 5.75 Å². The summed E-state index contributed by atoms with van der Waals surface area (Å²) in [5, 5.41) is 21.0. The van der Waals surface area contributed by atoms with E-state index >= 15 is 0 Å². The Bertz CT molecular complexity index is 1040. The number of aromatic hydroxyl groups is 1. The average Bonchev–Trinajstić information content (AvgIpc) is 2.84. The second-order valence-electron chi connectivity index (χ2n) is 6.93. The Balaban J connectivity index is 2.14. The van der Waals surface area contributed by atoms with Gasteiger partial charge in [-0.2, -0.15) is 0 Å². The number of hydrogen-bond donors (Lipinski definition) is 2. The zero-order valence-electron chi connectivity index (χ0n) is 16.0. The van der Waals surface area contributed by atoms with Crippen LogP contribution < -0.4 is 4.90 Å². The molecule has 144 valence electrons. The molecule has 3 rings (SSSR count). The molecule has 0 fully saturated rings. The Morgan fingerprint density at radius 2 is 1.46 bits per heavy atom. The average molecular weight is 380 g/mol. The fourth-order valence-electron chi connectivity index (χ4n) is 3.07. The molecule has 7 nitrogen and oxygen atoms in total. The third-order valence-electron chi connectivity index (χ3n) is 4.65. The molecular formula is C21H20N2O5. The highest BCUT2D eigenvalue weighted by atomic mass is 16.3. The summed E-state index contributed by atoms with van der Waals surface area (Å²) in [7, 11) is 7.10. The van der Waals surface area contributed by atoms with Gasteiger partial charge in [-0.15, -0.1) is 0 Å². The number of anilines is 1. The number of nitrogens with zero attached hydrogens (tertiary/aromatic N) is 2. The number of ketones is 3. The molecule has 0 aliphatic heterocycles. The summed E-state index contributed by atoms with van der Waals surface area (Å²) in [6.07, 6.45) is 4.36. The fourth-order valence-corrected chi connectivity index (χ4v) is 3.07. The van der Waals surface area contributed by atoms with Gasteiger partial charge in [-0.3, -0.25) is 14.4 Å². The van der Waals surface area contributed by atoms with Crippen LogP contribution in [-0.2, 0) is 14.4 Å². The Hall–Kier alpha value is -3.61. The van der Waals surface area contributed by atoms with Crippen molar-refractivity contribution >= 4 is 28.6 Å². The minimum Gasteiger partial charge on any atom is -0.507 e. The highest BCUT2D eigenvalue weighted by Gasteiger charge is 2.41. The standard InChI is InChI=1S/C21H20N2O5/c1-22(2)11-5-7-13(15(24)9-11)17-19(26)18(21(28)20(17)27)14-8-6-12(23(3)4)10-16(14)25/h5-10,24,26H,1-4H3/b18-14+. The summed E-state index contributed by atoms with van der Waals surface area (Å²) in [5.41, 5.74) is 0.648. The first kappa shape index (κ1) is 19.2. The van der Waals surface area contributed by atoms with Crippen LogP contribution in [-0.4, -0.2) is 60.7 Å². The Labute approximate surface area is 162 Å². The van der Waals surface area contributed by atoms with Crippen LogP contribution in [0.2, 0.25) is 0 Å². The van der Waals surface area contributed by atoms with Crippen molar-refractivity contribution in [2.75, 3.05) is 33.1 Å². The van der Waals surface area contributed by atoms with Gasteiger partial charge in [-0.25, -0.2) is 0 Å². The highest BCUT2D eigenvalue weighted by molar-refractivity contribution is 6.63. The second-order valence-corrected chi connectivity index (χ2v) is 6.93. The van der Waals surface area contributed by atoms with Gasteiger partial charge in [0.15, 0.2) is 5.78 Å². The van der Waals surface area contributed by atoms with E-state index in [1.165, 1.54) is 24.3 Å². The van der Waals surface area contributed by atoms with E-state index in [2.05, 4.69) is 0 Å². The molecule has 7 heteroatoms. The molecule has 0 unspecified atom stereocenters. The number of phenols is 1. The summed E-state index contributed by atoms with van der Waals surface area (Å²) in [4.78, 5) is 41.0. The Morgan fingerprint density at radius 1 is 0.821 bits per heavy atom. The quantitative estimate of drug-likeness (QED) is 0.609. The van der Waals surface area contributed by atoms with Crippen LogP contribution in [0.25, 0.3) is 5.57 Å². The molecule has 0 spiro atoms. The summed E-state index contributed by atoms with van der Waals surface area (Å²) in [6, 6.07) is 4.53. The van der Waals surface area contributed by atoms with Crippen LogP contribution in [0.1, 0.15) is 5.56 Å². The minimum absolute atomic E-state index is 0.0359. The first-order valence-corrected chi connectivity index (χ1v) is 8.52. The van der Waals surface area contributed by atoms with Crippen LogP contribution in [0.4, 0.5) is 5.69 Å². The lowest BCUT2D eigenvalue weighted by molar-refractivity contribution is -0.130. The van der Waals surface area contributed by atoms with Gasteiger partial charge in [0.05, 0.1) is 11.1 Å². The van der Waals surface area contributed by atoms with Gasteiger partial charge in [-0.1, -0.05) is 0 Å². The van der Waals surface area contributed by atoms with E-state index in [1.54, 1.807) is 50.1 Å². The number of phenolic OH excluding ortho intramolecular Hbond substituents is 1. The molecule has 1 aromatic rings. The van der Waals surface area contributed by atoms with Gasteiger partial charge >= 0.3 is 0 Å². The van der Waals surface area contributed by atoms with Gasteiger partial charge < -0.3 is 20.0 Å². The molecule has 0 bridgehead atoms. The van der Waals surface area contributed by atoms with Gasteiger partial charge in [-0.05, 0) is 24.3 Å². The number of carbonyl (C=O) groups is 3. The van der Waals surface area contributed by atoms with E-state index in [0.29, 0.717) is 11.4 Å². The summed E-state index contributed by atoms with van der Waals surface area (Å²) < 4.78 is 0. The SMILES string of the molecule is CN(C)C1=CC(=O)/C(=C2/C(=O)C(=O)C(c3ccc(N(C)C)cc3O)=C2O)C=C1. The molecule has 0 saturated carbocycles. The molecule has 0 amide bonds. The maximum absolute atomic E-state index is 12.5. The number of aliphatic hydroxyl groups is 1. The first-order chi connectivity index (χ1) is 13.1. The van der Waals surface area contributed by atoms with Crippen molar-refractivity contribution in [2.45, 2.75) is 0 Å². The smallest absolute Gasteiger partial charge is 0.238 e. The molecule has 0 atom stereocenters. The maximum atomic E-state index is 12.5. The summed E-state index contributed by atoms with van der Waals surface area (Å²) >= 11 is 0. The van der Waals surface area contributed by atoms with Crippen LogP contribution in [0, 0.1) is 0 Å². The molecule has 0 aromatic heterocycles. The van der Waals surface area contributed by atoms with Gasteiger partial charge in [0.2, 0.25) is 11.6 Å². The number of aliphatic hydroxyl groups excluding tert-OH is 1. The largest absolute Gasteiger partial charge is 0.507 e. The highest BCUT2D eigenvalue weighted by Crippen LogP contribution is 2.39. The van der Waals surface area contributed by atoms with Crippen molar-refractivity contribution in [3.63, 3.8) is 0 Å². The molecule has 28 heavy (non-hydrogen) atoms.